The van der Waals surface area contributed by atoms with Crippen LogP contribution in [0.1, 0.15) is 90.8 Å². The number of allylic oxidation sites excluding steroid dienone is 2. The number of rotatable bonds is 16. The Morgan fingerprint density at radius 1 is 1.00 bits per heavy atom. The minimum Gasteiger partial charge on any atom is -0.414 e. The average molecular weight is 742 g/mol. The van der Waals surface area contributed by atoms with E-state index in [1.807, 2.05) is 27.7 Å². The van der Waals surface area contributed by atoms with Gasteiger partial charge in [0.05, 0.1) is 6.04 Å². The number of ketones is 1. The Morgan fingerprint density at radius 2 is 1.69 bits per heavy atom. The quantitative estimate of drug-likeness (QED) is 0.144. The van der Waals surface area contributed by atoms with Crippen LogP contribution in [-0.2, 0) is 19.2 Å². The Morgan fingerprint density at radius 3 is 2.35 bits per heavy atom. The molecule has 1 aromatic carbocycles. The van der Waals surface area contributed by atoms with Crippen molar-refractivity contribution in [3.63, 3.8) is 0 Å². The number of Topliss-reactive ketones (excluding diaryl/α,β-unsaturated/α-hetero) is 1. The Hall–Kier alpha value is -4.59. The van der Waals surface area contributed by atoms with Gasteiger partial charge in [0.25, 0.3) is 5.89 Å². The molecule has 0 radical (unpaired) electrons. The molecule has 15 heteroatoms. The molecule has 4 atom stereocenters. The molecule has 1 fully saturated rings. The summed E-state index contributed by atoms with van der Waals surface area (Å²) in [5, 5.41) is 19.9. The van der Waals surface area contributed by atoms with Gasteiger partial charge in [-0.2, -0.15) is 0 Å². The van der Waals surface area contributed by atoms with Crippen molar-refractivity contribution < 1.29 is 32.8 Å². The molecule has 0 aliphatic carbocycles. The van der Waals surface area contributed by atoms with Gasteiger partial charge in [-0.25, -0.2) is 4.39 Å². The van der Waals surface area contributed by atoms with Crippen LogP contribution in [0.3, 0.4) is 0 Å². The number of aromatic nitrogens is 2. The lowest BCUT2D eigenvalue weighted by Gasteiger charge is -2.31. The Balaban J connectivity index is 1.30. The fourth-order valence-corrected chi connectivity index (χ4v) is 6.35. The summed E-state index contributed by atoms with van der Waals surface area (Å²) in [6, 6.07) is 2.12. The number of unbranched alkanes of at least 4 members (excludes halogenated alkanes) is 1. The van der Waals surface area contributed by atoms with Gasteiger partial charge in [0, 0.05) is 29.1 Å². The number of amides is 4. The molecule has 2 aliphatic heterocycles. The van der Waals surface area contributed by atoms with E-state index >= 15 is 0 Å². The second-order valence-corrected chi connectivity index (χ2v) is 15.0. The van der Waals surface area contributed by atoms with E-state index in [9.17, 15) is 28.4 Å². The highest BCUT2D eigenvalue weighted by Crippen LogP contribution is 2.23. The SMILES string of the molecule is CC(C)C(NC(=O)[C@@H]1CCCN1C(=O)C(NC(=O)CCCCC(C)(C)NC(=O)C1C=C(Cl)C=CN1)C(C)C)C(=O)c1nnc(-c2ccc(F)cc2)o1. The van der Waals surface area contributed by atoms with Crippen molar-refractivity contribution in [2.24, 2.45) is 11.8 Å². The first-order valence-electron chi connectivity index (χ1n) is 17.7. The standard InChI is InChI=1S/C37H49ClFN7O6/c1-21(2)29(31(48)35-45-44-34(52-35)23-12-14-25(39)15-13-23)42-33(50)27-10-9-19-46(27)36(51)30(22(3)4)41-28(47)11-7-8-17-37(5,6)43-32(49)26-20-24(38)16-18-40-26/h12-16,18,20-22,26-27,29-30,40H,7-11,17,19H2,1-6H3,(H,41,47)(H,42,50)(H,43,49)/t26?,27-,29?,30?/m0/s1. The predicted octanol–water partition coefficient (Wildman–Crippen LogP) is 4.39. The highest BCUT2D eigenvalue weighted by Gasteiger charge is 2.40. The highest BCUT2D eigenvalue weighted by molar-refractivity contribution is 6.31. The lowest BCUT2D eigenvalue weighted by molar-refractivity contribution is -0.142. The van der Waals surface area contributed by atoms with E-state index in [1.54, 1.807) is 32.2 Å². The molecule has 3 heterocycles. The molecular weight excluding hydrogens is 693 g/mol. The third-order valence-electron chi connectivity index (χ3n) is 9.11. The van der Waals surface area contributed by atoms with E-state index in [2.05, 4.69) is 31.5 Å². The van der Waals surface area contributed by atoms with Crippen molar-refractivity contribution in [1.29, 1.82) is 0 Å². The molecule has 4 amide bonds. The molecule has 0 saturated carbocycles. The number of nitrogens with one attached hydrogen (secondary N) is 4. The summed E-state index contributed by atoms with van der Waals surface area (Å²) in [6.07, 6.45) is 7.94. The Labute approximate surface area is 308 Å². The minimum absolute atomic E-state index is 0.0356. The van der Waals surface area contributed by atoms with E-state index in [1.165, 1.54) is 29.2 Å². The second kappa shape index (κ2) is 17.8. The zero-order valence-electron chi connectivity index (χ0n) is 30.5. The number of carbonyl (C=O) groups excluding carboxylic acids is 5. The van der Waals surface area contributed by atoms with Crippen molar-refractivity contribution in [3.05, 3.63) is 59.4 Å². The molecule has 4 N–H and O–H groups in total. The number of hydrogen-bond acceptors (Lipinski definition) is 9. The number of halogens is 2. The molecule has 0 bridgehead atoms. The van der Waals surface area contributed by atoms with Gasteiger partial charge in [-0.1, -0.05) is 45.7 Å². The van der Waals surface area contributed by atoms with Crippen LogP contribution >= 0.6 is 11.6 Å². The summed E-state index contributed by atoms with van der Waals surface area (Å²) in [5.74, 6) is -3.22. The van der Waals surface area contributed by atoms with Crippen LogP contribution in [0.4, 0.5) is 4.39 Å². The molecule has 1 aromatic heterocycles. The summed E-state index contributed by atoms with van der Waals surface area (Å²) in [5.41, 5.74) is -0.0831. The fourth-order valence-electron chi connectivity index (χ4n) is 6.16. The molecule has 13 nitrogen and oxygen atoms in total. The van der Waals surface area contributed by atoms with Crippen LogP contribution in [-0.4, -0.2) is 80.8 Å². The molecule has 0 spiro atoms. The van der Waals surface area contributed by atoms with Crippen LogP contribution in [0.5, 0.6) is 0 Å². The largest absolute Gasteiger partial charge is 0.414 e. The van der Waals surface area contributed by atoms with E-state index in [0.29, 0.717) is 49.2 Å². The summed E-state index contributed by atoms with van der Waals surface area (Å²) >= 11 is 6.02. The smallest absolute Gasteiger partial charge is 0.286 e. The van der Waals surface area contributed by atoms with Crippen LogP contribution in [0.2, 0.25) is 0 Å². The van der Waals surface area contributed by atoms with E-state index in [0.717, 1.165) is 0 Å². The average Bonchev–Trinajstić information content (AvgIpc) is 3.78. The zero-order valence-corrected chi connectivity index (χ0v) is 31.3. The van der Waals surface area contributed by atoms with Crippen LogP contribution in [0.25, 0.3) is 11.5 Å². The molecule has 52 heavy (non-hydrogen) atoms. The number of likely N-dealkylation sites (tertiary alicyclic amines) is 1. The van der Waals surface area contributed by atoms with Crippen molar-refractivity contribution in [3.8, 4) is 11.5 Å². The fraction of sp³-hybridized carbons (Fsp3) is 0.541. The lowest BCUT2D eigenvalue weighted by atomic mass is 9.95. The lowest BCUT2D eigenvalue weighted by Crippen LogP contribution is -2.57. The van der Waals surface area contributed by atoms with E-state index in [-0.39, 0.29) is 47.8 Å². The predicted molar refractivity (Wildman–Crippen MR) is 193 cm³/mol. The van der Waals surface area contributed by atoms with Crippen molar-refractivity contribution >= 4 is 41.0 Å². The van der Waals surface area contributed by atoms with Gasteiger partial charge in [-0.15, -0.1) is 10.2 Å². The minimum atomic E-state index is -1.01. The Bertz CT molecular complexity index is 1670. The molecule has 3 unspecified atom stereocenters. The second-order valence-electron chi connectivity index (χ2n) is 14.6. The molecular formula is C37H49ClFN7O6. The zero-order chi connectivity index (χ0) is 38.2. The molecule has 4 rings (SSSR count). The maximum absolute atomic E-state index is 13.8. The highest BCUT2D eigenvalue weighted by atomic mass is 35.5. The van der Waals surface area contributed by atoms with Crippen molar-refractivity contribution in [2.75, 3.05) is 6.54 Å². The monoisotopic (exact) mass is 741 g/mol. The molecule has 2 aliphatic rings. The number of dihydropyridines is 1. The first kappa shape index (κ1) is 40.2. The van der Waals surface area contributed by atoms with Gasteiger partial charge in [0.1, 0.15) is 23.9 Å². The van der Waals surface area contributed by atoms with E-state index in [4.69, 9.17) is 16.0 Å². The summed E-state index contributed by atoms with van der Waals surface area (Å²) < 4.78 is 18.9. The maximum atomic E-state index is 13.8. The number of carbonyl (C=O) groups is 5. The van der Waals surface area contributed by atoms with Gasteiger partial charge in [0.2, 0.25) is 35.3 Å². The molecule has 1 saturated heterocycles. The number of benzene rings is 1. The molecule has 2 aromatic rings. The van der Waals surface area contributed by atoms with Crippen LogP contribution in [0.15, 0.2) is 52.1 Å². The van der Waals surface area contributed by atoms with Crippen LogP contribution < -0.4 is 21.3 Å². The topological polar surface area (TPSA) is 176 Å². The first-order chi connectivity index (χ1) is 24.6. The third kappa shape index (κ3) is 10.7. The number of nitrogens with zero attached hydrogens (tertiary/aromatic N) is 3. The van der Waals surface area contributed by atoms with Crippen molar-refractivity contribution in [1.82, 2.24) is 36.4 Å². The maximum Gasteiger partial charge on any atom is 0.286 e. The summed E-state index contributed by atoms with van der Waals surface area (Å²) in [4.78, 5) is 68.1. The van der Waals surface area contributed by atoms with Crippen molar-refractivity contribution in [2.45, 2.75) is 110 Å². The van der Waals surface area contributed by atoms with Gasteiger partial charge in [-0.3, -0.25) is 24.0 Å². The van der Waals surface area contributed by atoms with Crippen LogP contribution in [0, 0.1) is 17.7 Å². The van der Waals surface area contributed by atoms with Gasteiger partial charge >= 0.3 is 0 Å². The van der Waals surface area contributed by atoms with Gasteiger partial charge < -0.3 is 30.6 Å². The van der Waals surface area contributed by atoms with Gasteiger partial charge in [0.15, 0.2) is 0 Å². The first-order valence-corrected chi connectivity index (χ1v) is 18.1. The normalized spacial score (nSPS) is 18.4. The molecule has 282 valence electrons. The summed E-state index contributed by atoms with van der Waals surface area (Å²) in [6.45, 7) is 11.4. The summed E-state index contributed by atoms with van der Waals surface area (Å²) in [7, 11) is 0. The van der Waals surface area contributed by atoms with E-state index < -0.39 is 47.2 Å². The van der Waals surface area contributed by atoms with Gasteiger partial charge in [-0.05, 0) is 94.0 Å². The Kier molecular flexibility index (Phi) is 13.7. The third-order valence-corrected chi connectivity index (χ3v) is 9.36. The number of hydrogen-bond donors (Lipinski definition) is 4.